The summed E-state index contributed by atoms with van der Waals surface area (Å²) in [4.78, 5) is 21.3. The molecule has 0 radical (unpaired) electrons. The molecule has 1 saturated heterocycles. The number of methoxy groups -OCH3 is 1. The van der Waals surface area contributed by atoms with Crippen LogP contribution >= 0.6 is 24.0 Å². The molecule has 1 amide bonds. The van der Waals surface area contributed by atoms with E-state index in [0.29, 0.717) is 19.6 Å². The molecule has 0 aliphatic carbocycles. The molecule has 0 atom stereocenters. The van der Waals surface area contributed by atoms with E-state index in [9.17, 15) is 4.79 Å². The second kappa shape index (κ2) is 11.2. The molecule has 30 heavy (non-hydrogen) atoms. The first-order chi connectivity index (χ1) is 14.0. The highest BCUT2D eigenvalue weighted by atomic mass is 127. The number of nitrogens with zero attached hydrogens (tertiary/aromatic N) is 5. The van der Waals surface area contributed by atoms with E-state index >= 15 is 0 Å². The lowest BCUT2D eigenvalue weighted by molar-refractivity contribution is -0.120. The van der Waals surface area contributed by atoms with Gasteiger partial charge in [0.1, 0.15) is 12.3 Å². The summed E-state index contributed by atoms with van der Waals surface area (Å²) >= 11 is 0. The van der Waals surface area contributed by atoms with E-state index in [-0.39, 0.29) is 29.9 Å². The summed E-state index contributed by atoms with van der Waals surface area (Å²) in [6, 6.07) is 6.18. The Morgan fingerprint density at radius 3 is 2.77 bits per heavy atom. The maximum absolute atomic E-state index is 12.7. The minimum atomic E-state index is 0. The number of anilines is 1. The monoisotopic (exact) mass is 526 g/mol. The minimum absolute atomic E-state index is 0. The number of halogens is 1. The molecule has 0 spiro atoms. The third-order valence-corrected chi connectivity index (χ3v) is 4.94. The maximum atomic E-state index is 12.7. The number of rotatable bonds is 6. The number of ether oxygens (including phenoxy) is 1. The molecule has 1 aliphatic rings. The van der Waals surface area contributed by atoms with Crippen molar-refractivity contribution in [3.63, 3.8) is 0 Å². The quantitative estimate of drug-likeness (QED) is 0.355. The number of hydrogen-bond donors (Lipinski definition) is 1. The van der Waals surface area contributed by atoms with Gasteiger partial charge in [0.2, 0.25) is 5.91 Å². The molecule has 164 valence electrons. The van der Waals surface area contributed by atoms with Crippen LogP contribution in [-0.2, 0) is 18.3 Å². The fourth-order valence-corrected chi connectivity index (χ4v) is 3.49. The number of amides is 1. The highest BCUT2D eigenvalue weighted by molar-refractivity contribution is 14.0. The van der Waals surface area contributed by atoms with Crippen LogP contribution in [0, 0.1) is 6.92 Å². The topological polar surface area (TPSA) is 75.0 Å². The Kier molecular flexibility index (Phi) is 8.94. The molecule has 8 nitrogen and oxygen atoms in total. The Morgan fingerprint density at radius 2 is 2.13 bits per heavy atom. The van der Waals surface area contributed by atoms with Crippen molar-refractivity contribution in [3.8, 4) is 5.75 Å². The Bertz CT molecular complexity index is 882. The molecule has 2 aromatic rings. The van der Waals surface area contributed by atoms with E-state index < -0.39 is 0 Å². The Hall–Kier alpha value is -2.30. The van der Waals surface area contributed by atoms with Gasteiger partial charge in [0.25, 0.3) is 0 Å². The van der Waals surface area contributed by atoms with E-state index in [1.54, 1.807) is 22.9 Å². The second-order valence-corrected chi connectivity index (χ2v) is 7.14. The van der Waals surface area contributed by atoms with Gasteiger partial charge < -0.3 is 19.9 Å². The molecule has 1 N–H and O–H groups in total. The van der Waals surface area contributed by atoms with Gasteiger partial charge in [0.15, 0.2) is 5.96 Å². The Balaban J connectivity index is 0.00000320. The van der Waals surface area contributed by atoms with Crippen LogP contribution < -0.4 is 15.0 Å². The van der Waals surface area contributed by atoms with Crippen LogP contribution in [0.2, 0.25) is 0 Å². The molecule has 1 aliphatic heterocycles. The lowest BCUT2D eigenvalue weighted by Crippen LogP contribution is -2.55. The zero-order chi connectivity index (χ0) is 20.8. The minimum Gasteiger partial charge on any atom is -0.496 e. The Morgan fingerprint density at radius 1 is 1.33 bits per heavy atom. The normalized spacial score (nSPS) is 14.5. The average molecular weight is 526 g/mol. The van der Waals surface area contributed by atoms with E-state index in [2.05, 4.69) is 23.4 Å². The molecular weight excluding hydrogens is 495 g/mol. The number of hydrogen-bond acceptors (Lipinski definition) is 4. The fourth-order valence-electron chi connectivity index (χ4n) is 3.49. The molecule has 1 aromatic carbocycles. The van der Waals surface area contributed by atoms with Crippen molar-refractivity contribution in [2.75, 3.05) is 44.7 Å². The van der Waals surface area contributed by atoms with Gasteiger partial charge in [-0.05, 0) is 31.9 Å². The van der Waals surface area contributed by atoms with Crippen molar-refractivity contribution in [1.82, 2.24) is 20.0 Å². The highest BCUT2D eigenvalue weighted by Gasteiger charge is 2.27. The first kappa shape index (κ1) is 24.0. The van der Waals surface area contributed by atoms with Crippen molar-refractivity contribution >= 4 is 41.5 Å². The van der Waals surface area contributed by atoms with Crippen molar-refractivity contribution < 1.29 is 9.53 Å². The summed E-state index contributed by atoms with van der Waals surface area (Å²) in [5, 5.41) is 7.48. The Labute approximate surface area is 195 Å². The average Bonchev–Trinajstić information content (AvgIpc) is 3.13. The second-order valence-electron chi connectivity index (χ2n) is 7.14. The molecule has 3 rings (SSSR count). The summed E-state index contributed by atoms with van der Waals surface area (Å²) < 4.78 is 7.17. The molecular formula is C21H31IN6O2. The van der Waals surface area contributed by atoms with Crippen LogP contribution in [0.3, 0.4) is 0 Å². The lowest BCUT2D eigenvalue weighted by Gasteiger charge is -2.35. The van der Waals surface area contributed by atoms with Gasteiger partial charge >= 0.3 is 0 Å². The van der Waals surface area contributed by atoms with Gasteiger partial charge in [-0.15, -0.1) is 24.0 Å². The smallest absolute Gasteiger partial charge is 0.246 e. The van der Waals surface area contributed by atoms with Crippen LogP contribution in [0.15, 0.2) is 35.6 Å². The summed E-state index contributed by atoms with van der Waals surface area (Å²) in [7, 11) is 3.54. The van der Waals surface area contributed by atoms with Crippen molar-refractivity contribution in [2.24, 2.45) is 12.0 Å². The zero-order valence-electron chi connectivity index (χ0n) is 18.1. The largest absolute Gasteiger partial charge is 0.496 e. The number of aliphatic imine (C=N–C) groups is 1. The number of piperazine rings is 1. The van der Waals surface area contributed by atoms with E-state index in [1.807, 2.05) is 37.2 Å². The van der Waals surface area contributed by atoms with Crippen LogP contribution in [0.5, 0.6) is 5.75 Å². The van der Waals surface area contributed by atoms with Gasteiger partial charge in [-0.1, -0.05) is 17.7 Å². The number of carbonyl (C=O) groups excluding carboxylic acids is 1. The summed E-state index contributed by atoms with van der Waals surface area (Å²) in [6.07, 6.45) is 4.37. The van der Waals surface area contributed by atoms with Crippen LogP contribution in [0.1, 0.15) is 18.1 Å². The van der Waals surface area contributed by atoms with Crippen LogP contribution in [0.4, 0.5) is 5.69 Å². The number of carbonyl (C=O) groups is 1. The number of aromatic nitrogens is 2. The number of nitrogens with one attached hydrogen (secondary N) is 1. The van der Waals surface area contributed by atoms with Gasteiger partial charge in [0, 0.05) is 39.4 Å². The summed E-state index contributed by atoms with van der Waals surface area (Å²) in [5.74, 6) is 1.71. The van der Waals surface area contributed by atoms with Crippen molar-refractivity contribution in [3.05, 3.63) is 41.7 Å². The van der Waals surface area contributed by atoms with Gasteiger partial charge in [0.05, 0.1) is 19.0 Å². The third-order valence-electron chi connectivity index (χ3n) is 4.94. The fraction of sp³-hybridized carbons (Fsp3) is 0.476. The standard InChI is InChI=1S/C21H30N6O2.HI/c1-5-22-21(23-9-8-17-12-16(2)6-7-19(17)29-4)26-10-11-27(20(28)15-26)18-13-24-25(3)14-18;/h6-7,12-14H,5,8-11,15H2,1-4H3,(H,22,23);1H. The van der Waals surface area contributed by atoms with Gasteiger partial charge in [-0.3, -0.25) is 14.5 Å². The van der Waals surface area contributed by atoms with Crippen molar-refractivity contribution in [1.29, 1.82) is 0 Å². The van der Waals surface area contributed by atoms with Crippen molar-refractivity contribution in [2.45, 2.75) is 20.3 Å². The molecule has 1 aromatic heterocycles. The first-order valence-electron chi connectivity index (χ1n) is 9.97. The van der Waals surface area contributed by atoms with Crippen LogP contribution in [-0.4, -0.2) is 66.4 Å². The van der Waals surface area contributed by atoms with Gasteiger partial charge in [-0.25, -0.2) is 0 Å². The molecule has 0 unspecified atom stereocenters. The number of aryl methyl sites for hydroxylation is 2. The molecule has 0 bridgehead atoms. The first-order valence-corrected chi connectivity index (χ1v) is 9.97. The summed E-state index contributed by atoms with van der Waals surface area (Å²) in [6.45, 7) is 7.12. The van der Waals surface area contributed by atoms with E-state index in [4.69, 9.17) is 9.73 Å². The van der Waals surface area contributed by atoms with E-state index in [1.165, 1.54) is 5.56 Å². The third kappa shape index (κ3) is 5.87. The summed E-state index contributed by atoms with van der Waals surface area (Å²) in [5.41, 5.74) is 3.18. The molecule has 0 saturated carbocycles. The SMILES string of the molecule is CCNC(=NCCc1cc(C)ccc1OC)N1CCN(c2cnn(C)c2)C(=O)C1.I. The van der Waals surface area contributed by atoms with Crippen LogP contribution in [0.25, 0.3) is 0 Å². The highest BCUT2D eigenvalue weighted by Crippen LogP contribution is 2.20. The van der Waals surface area contributed by atoms with Gasteiger partial charge in [-0.2, -0.15) is 5.10 Å². The molecule has 9 heteroatoms. The maximum Gasteiger partial charge on any atom is 0.246 e. The van der Waals surface area contributed by atoms with E-state index in [0.717, 1.165) is 42.5 Å². The number of guanidine groups is 1. The zero-order valence-corrected chi connectivity index (χ0v) is 20.4. The predicted molar refractivity (Wildman–Crippen MR) is 130 cm³/mol. The lowest BCUT2D eigenvalue weighted by atomic mass is 10.1. The molecule has 1 fully saturated rings. The molecule has 2 heterocycles. The number of benzene rings is 1. The predicted octanol–water partition coefficient (Wildman–Crippen LogP) is 2.21.